The van der Waals surface area contributed by atoms with Crippen LogP contribution in [-0.2, 0) is 9.47 Å². The minimum atomic E-state index is -0.153. The van der Waals surface area contributed by atoms with Crippen molar-refractivity contribution < 1.29 is 9.47 Å². The molecule has 0 radical (unpaired) electrons. The van der Waals surface area contributed by atoms with Crippen molar-refractivity contribution in [3.8, 4) is 0 Å². The SMILES string of the molecule is CCOC(CN(C)c1ccccc1)OCC. The van der Waals surface area contributed by atoms with Crippen LogP contribution < -0.4 is 4.90 Å². The van der Waals surface area contributed by atoms with Crippen molar-refractivity contribution in [3.05, 3.63) is 30.3 Å². The zero-order valence-corrected chi connectivity index (χ0v) is 10.3. The van der Waals surface area contributed by atoms with Gasteiger partial charge >= 0.3 is 0 Å². The molecule has 0 aromatic heterocycles. The molecule has 1 rings (SSSR count). The van der Waals surface area contributed by atoms with Crippen molar-refractivity contribution in [2.24, 2.45) is 0 Å². The zero-order valence-electron chi connectivity index (χ0n) is 10.3. The Balaban J connectivity index is 2.50. The van der Waals surface area contributed by atoms with Crippen LogP contribution in [0.15, 0.2) is 30.3 Å². The maximum absolute atomic E-state index is 5.51. The molecule has 0 heterocycles. The van der Waals surface area contributed by atoms with Crippen LogP contribution in [0.1, 0.15) is 13.8 Å². The lowest BCUT2D eigenvalue weighted by Gasteiger charge is -2.25. The Labute approximate surface area is 98.0 Å². The summed E-state index contributed by atoms with van der Waals surface area (Å²) >= 11 is 0. The van der Waals surface area contributed by atoms with E-state index >= 15 is 0 Å². The van der Waals surface area contributed by atoms with Gasteiger partial charge in [0.25, 0.3) is 0 Å². The molecule has 0 saturated carbocycles. The Hall–Kier alpha value is -1.06. The molecule has 0 aliphatic rings. The molecule has 0 atom stereocenters. The first-order valence-electron chi connectivity index (χ1n) is 5.77. The first kappa shape index (κ1) is 13.0. The average molecular weight is 223 g/mol. The van der Waals surface area contributed by atoms with E-state index in [1.165, 1.54) is 5.69 Å². The van der Waals surface area contributed by atoms with Crippen LogP contribution in [-0.4, -0.2) is 33.1 Å². The van der Waals surface area contributed by atoms with Gasteiger partial charge in [0.15, 0.2) is 6.29 Å². The van der Waals surface area contributed by atoms with E-state index in [4.69, 9.17) is 9.47 Å². The highest BCUT2D eigenvalue weighted by molar-refractivity contribution is 5.44. The standard InChI is InChI=1S/C13H21NO2/c1-4-15-13(16-5-2)11-14(3)12-9-7-6-8-10-12/h6-10,13H,4-5,11H2,1-3H3. The lowest BCUT2D eigenvalue weighted by Crippen LogP contribution is -2.33. The number of rotatable bonds is 7. The fourth-order valence-electron chi connectivity index (χ4n) is 1.54. The largest absolute Gasteiger partial charge is 0.369 e. The number of hydrogen-bond acceptors (Lipinski definition) is 3. The summed E-state index contributed by atoms with van der Waals surface area (Å²) in [6.07, 6.45) is -0.153. The third-order valence-corrected chi connectivity index (χ3v) is 2.33. The maximum Gasteiger partial charge on any atom is 0.174 e. The molecule has 0 aliphatic heterocycles. The van der Waals surface area contributed by atoms with Crippen molar-refractivity contribution in [2.75, 3.05) is 31.7 Å². The number of para-hydroxylation sites is 1. The lowest BCUT2D eigenvalue weighted by molar-refractivity contribution is -0.129. The van der Waals surface area contributed by atoms with Crippen LogP contribution in [0.4, 0.5) is 5.69 Å². The van der Waals surface area contributed by atoms with Crippen LogP contribution in [0.3, 0.4) is 0 Å². The predicted octanol–water partition coefficient (Wildman–Crippen LogP) is 2.52. The van der Waals surface area contributed by atoms with Crippen molar-refractivity contribution >= 4 is 5.69 Å². The summed E-state index contributed by atoms with van der Waals surface area (Å²) in [7, 11) is 2.04. The van der Waals surface area contributed by atoms with E-state index in [-0.39, 0.29) is 6.29 Å². The molecule has 0 saturated heterocycles. The Morgan fingerprint density at radius 1 is 1.06 bits per heavy atom. The van der Waals surface area contributed by atoms with Crippen molar-refractivity contribution in [2.45, 2.75) is 20.1 Å². The summed E-state index contributed by atoms with van der Waals surface area (Å²) in [5, 5.41) is 0. The highest BCUT2D eigenvalue weighted by atomic mass is 16.7. The van der Waals surface area contributed by atoms with Gasteiger partial charge in [-0.3, -0.25) is 0 Å². The van der Waals surface area contributed by atoms with Gasteiger partial charge in [0, 0.05) is 25.9 Å². The number of likely N-dealkylation sites (N-methyl/N-ethyl adjacent to an activating group) is 1. The molecule has 3 nitrogen and oxygen atoms in total. The monoisotopic (exact) mass is 223 g/mol. The van der Waals surface area contributed by atoms with Gasteiger partial charge in [-0.15, -0.1) is 0 Å². The van der Waals surface area contributed by atoms with Crippen LogP contribution in [0.5, 0.6) is 0 Å². The Morgan fingerprint density at radius 3 is 2.12 bits per heavy atom. The van der Waals surface area contributed by atoms with Crippen LogP contribution >= 0.6 is 0 Å². The smallest absolute Gasteiger partial charge is 0.174 e. The predicted molar refractivity (Wildman–Crippen MR) is 66.8 cm³/mol. The van der Waals surface area contributed by atoms with Crippen molar-refractivity contribution in [1.82, 2.24) is 0 Å². The lowest BCUT2D eigenvalue weighted by atomic mass is 10.3. The van der Waals surface area contributed by atoms with E-state index in [0.29, 0.717) is 13.2 Å². The number of hydrogen-bond donors (Lipinski definition) is 0. The fraction of sp³-hybridized carbons (Fsp3) is 0.538. The summed E-state index contributed by atoms with van der Waals surface area (Å²) in [4.78, 5) is 2.13. The van der Waals surface area contributed by atoms with Gasteiger partial charge in [-0.05, 0) is 26.0 Å². The molecule has 0 N–H and O–H groups in total. The van der Waals surface area contributed by atoms with Gasteiger partial charge in [0.1, 0.15) is 0 Å². The Bertz CT molecular complexity index is 271. The third kappa shape index (κ3) is 4.21. The van der Waals surface area contributed by atoms with Gasteiger partial charge in [-0.25, -0.2) is 0 Å². The summed E-state index contributed by atoms with van der Waals surface area (Å²) < 4.78 is 11.0. The summed E-state index contributed by atoms with van der Waals surface area (Å²) in [6, 6.07) is 10.2. The third-order valence-electron chi connectivity index (χ3n) is 2.33. The second kappa shape index (κ2) is 7.25. The van der Waals surface area contributed by atoms with E-state index in [0.717, 1.165) is 6.54 Å². The molecule has 0 bridgehead atoms. The average Bonchev–Trinajstić information content (AvgIpc) is 2.31. The molecule has 16 heavy (non-hydrogen) atoms. The maximum atomic E-state index is 5.51. The number of benzene rings is 1. The molecular weight excluding hydrogens is 202 g/mol. The number of nitrogens with zero attached hydrogens (tertiary/aromatic N) is 1. The normalized spacial score (nSPS) is 10.8. The fourth-order valence-corrected chi connectivity index (χ4v) is 1.54. The molecule has 0 aliphatic carbocycles. The quantitative estimate of drug-likeness (QED) is 0.663. The summed E-state index contributed by atoms with van der Waals surface area (Å²) in [5.41, 5.74) is 1.17. The van der Waals surface area contributed by atoms with Crippen LogP contribution in [0, 0.1) is 0 Å². The minimum absolute atomic E-state index is 0.153. The van der Waals surface area contributed by atoms with E-state index < -0.39 is 0 Å². The van der Waals surface area contributed by atoms with Crippen molar-refractivity contribution in [1.29, 1.82) is 0 Å². The second-order valence-corrected chi connectivity index (χ2v) is 3.56. The molecule has 0 amide bonds. The Morgan fingerprint density at radius 2 is 1.62 bits per heavy atom. The molecule has 1 aromatic rings. The van der Waals surface area contributed by atoms with Gasteiger partial charge in [-0.2, -0.15) is 0 Å². The zero-order chi connectivity index (χ0) is 11.8. The molecule has 0 fully saturated rings. The molecule has 90 valence electrons. The second-order valence-electron chi connectivity index (χ2n) is 3.56. The first-order chi connectivity index (χ1) is 7.77. The molecule has 3 heteroatoms. The minimum Gasteiger partial charge on any atom is -0.369 e. The molecule has 0 spiro atoms. The van der Waals surface area contributed by atoms with Gasteiger partial charge in [0.05, 0.1) is 6.54 Å². The van der Waals surface area contributed by atoms with Crippen LogP contribution in [0.25, 0.3) is 0 Å². The van der Waals surface area contributed by atoms with Gasteiger partial charge in [0.2, 0.25) is 0 Å². The molecule has 0 unspecified atom stereocenters. The highest BCUT2D eigenvalue weighted by Gasteiger charge is 2.11. The number of anilines is 1. The van der Waals surface area contributed by atoms with Crippen molar-refractivity contribution in [3.63, 3.8) is 0 Å². The first-order valence-corrected chi connectivity index (χ1v) is 5.77. The number of ether oxygens (including phenoxy) is 2. The topological polar surface area (TPSA) is 21.7 Å². The van der Waals surface area contributed by atoms with Gasteiger partial charge in [-0.1, -0.05) is 18.2 Å². The summed E-state index contributed by atoms with van der Waals surface area (Å²) in [5.74, 6) is 0. The Kier molecular flexibility index (Phi) is 5.90. The van der Waals surface area contributed by atoms with E-state index in [9.17, 15) is 0 Å². The summed E-state index contributed by atoms with van der Waals surface area (Å²) in [6.45, 7) is 6.05. The molecular formula is C13H21NO2. The van der Waals surface area contributed by atoms with Gasteiger partial charge < -0.3 is 14.4 Å². The molecule has 1 aromatic carbocycles. The van der Waals surface area contributed by atoms with E-state index in [1.807, 2.05) is 39.1 Å². The highest BCUT2D eigenvalue weighted by Crippen LogP contribution is 2.12. The van der Waals surface area contributed by atoms with E-state index in [2.05, 4.69) is 17.0 Å². The van der Waals surface area contributed by atoms with Crippen LogP contribution in [0.2, 0.25) is 0 Å². The van der Waals surface area contributed by atoms with E-state index in [1.54, 1.807) is 0 Å².